The zero-order valence-corrected chi connectivity index (χ0v) is 24.9. The molecule has 3 aromatic rings. The van der Waals surface area contributed by atoms with Crippen molar-refractivity contribution in [1.29, 1.82) is 0 Å². The van der Waals surface area contributed by atoms with Gasteiger partial charge in [-0.15, -0.1) is 11.8 Å². The number of benzene rings is 3. The van der Waals surface area contributed by atoms with Gasteiger partial charge >= 0.3 is 0 Å². The summed E-state index contributed by atoms with van der Waals surface area (Å²) in [6, 6.07) is 22.0. The first-order valence-electron chi connectivity index (χ1n) is 12.5. The minimum Gasteiger partial charge on any atom is -0.350 e. The summed E-state index contributed by atoms with van der Waals surface area (Å²) in [6.07, 6.45) is 1.38. The molecule has 0 aliphatic carbocycles. The van der Waals surface area contributed by atoms with Crippen LogP contribution in [0.3, 0.4) is 0 Å². The molecule has 0 radical (unpaired) electrons. The van der Waals surface area contributed by atoms with E-state index in [9.17, 15) is 9.59 Å². The average molecular weight is 592 g/mol. The van der Waals surface area contributed by atoms with Gasteiger partial charge in [0.05, 0.1) is 10.0 Å². The van der Waals surface area contributed by atoms with E-state index in [0.717, 1.165) is 21.8 Å². The van der Waals surface area contributed by atoms with E-state index in [2.05, 4.69) is 5.32 Å². The van der Waals surface area contributed by atoms with E-state index in [1.54, 1.807) is 28.8 Å². The lowest BCUT2D eigenvalue weighted by molar-refractivity contribution is -0.142. The van der Waals surface area contributed by atoms with Gasteiger partial charge in [-0.25, -0.2) is 0 Å². The Bertz CT molecular complexity index is 1210. The topological polar surface area (TPSA) is 49.4 Å². The Morgan fingerprint density at radius 3 is 2.21 bits per heavy atom. The molecule has 0 fully saturated rings. The largest absolute Gasteiger partial charge is 0.350 e. The van der Waals surface area contributed by atoms with Gasteiger partial charge in [0.1, 0.15) is 6.04 Å². The molecule has 38 heavy (non-hydrogen) atoms. The SMILES string of the molecule is CC(C)(C)NC(=O)C(Cc1ccccc1)N(Cc1ccc(Cl)c(Cl)c1)C(=O)CCCSc1ccc(Cl)cc1. The van der Waals surface area contributed by atoms with Crippen LogP contribution in [-0.2, 0) is 22.6 Å². The summed E-state index contributed by atoms with van der Waals surface area (Å²) in [7, 11) is 0. The minimum absolute atomic E-state index is 0.0854. The van der Waals surface area contributed by atoms with Crippen LogP contribution in [0.5, 0.6) is 0 Å². The molecule has 1 unspecified atom stereocenters. The molecule has 0 aliphatic rings. The quantitative estimate of drug-likeness (QED) is 0.181. The molecule has 0 spiro atoms. The molecule has 0 saturated heterocycles. The molecule has 0 saturated carbocycles. The van der Waals surface area contributed by atoms with E-state index in [4.69, 9.17) is 34.8 Å². The van der Waals surface area contributed by atoms with Crippen LogP contribution in [-0.4, -0.2) is 34.0 Å². The van der Waals surface area contributed by atoms with Crippen LogP contribution < -0.4 is 5.32 Å². The van der Waals surface area contributed by atoms with Crippen molar-refractivity contribution in [3.8, 4) is 0 Å². The Morgan fingerprint density at radius 2 is 1.58 bits per heavy atom. The van der Waals surface area contributed by atoms with E-state index in [-0.39, 0.29) is 18.4 Å². The van der Waals surface area contributed by atoms with Gasteiger partial charge in [0.15, 0.2) is 0 Å². The van der Waals surface area contributed by atoms with Gasteiger partial charge in [0.25, 0.3) is 0 Å². The Balaban J connectivity index is 1.83. The summed E-state index contributed by atoms with van der Waals surface area (Å²) in [4.78, 5) is 30.1. The highest BCUT2D eigenvalue weighted by Gasteiger charge is 2.32. The lowest BCUT2D eigenvalue weighted by Gasteiger charge is -2.34. The predicted molar refractivity (Wildman–Crippen MR) is 160 cm³/mol. The Labute approximate surface area is 245 Å². The van der Waals surface area contributed by atoms with Gasteiger partial charge in [-0.05, 0) is 80.5 Å². The number of carbonyl (C=O) groups excluding carboxylic acids is 2. The first-order chi connectivity index (χ1) is 18.0. The van der Waals surface area contributed by atoms with Gasteiger partial charge in [-0.3, -0.25) is 9.59 Å². The number of amides is 2. The second-order valence-corrected chi connectivity index (χ2v) is 12.5. The highest BCUT2D eigenvalue weighted by atomic mass is 35.5. The van der Waals surface area contributed by atoms with Crippen molar-refractivity contribution in [2.75, 3.05) is 5.75 Å². The minimum atomic E-state index is -0.692. The second kappa shape index (κ2) is 14.3. The fraction of sp³-hybridized carbons (Fsp3) is 0.333. The molecular formula is C30H33Cl3N2O2S. The average Bonchev–Trinajstić information content (AvgIpc) is 2.86. The standard InChI is InChI=1S/C30H33Cl3N2O2S/c1-30(2,3)34-29(37)27(19-21-8-5-4-6-9-21)35(20-22-11-16-25(32)26(33)18-22)28(36)10-7-17-38-24-14-12-23(31)13-15-24/h4-6,8-9,11-16,18,27H,7,10,17,19-20H2,1-3H3,(H,34,37). The maximum atomic E-state index is 13.7. The smallest absolute Gasteiger partial charge is 0.243 e. The molecule has 0 aliphatic heterocycles. The van der Waals surface area contributed by atoms with Crippen LogP contribution in [0, 0.1) is 0 Å². The van der Waals surface area contributed by atoms with E-state index in [1.165, 1.54) is 0 Å². The van der Waals surface area contributed by atoms with Crippen molar-refractivity contribution in [2.45, 2.75) is 63.1 Å². The third-order valence-corrected chi connectivity index (χ3v) is 7.81. The number of thioether (sulfide) groups is 1. The van der Waals surface area contributed by atoms with Gasteiger partial charge in [-0.1, -0.05) is 71.2 Å². The maximum Gasteiger partial charge on any atom is 0.243 e. The summed E-state index contributed by atoms with van der Waals surface area (Å²) in [5.74, 6) is 0.494. The predicted octanol–water partition coefficient (Wildman–Crippen LogP) is 8.07. The molecule has 1 N–H and O–H groups in total. The highest BCUT2D eigenvalue weighted by molar-refractivity contribution is 7.99. The summed E-state index contributed by atoms with van der Waals surface area (Å²) >= 11 is 20.1. The van der Waals surface area contributed by atoms with E-state index >= 15 is 0 Å². The molecular weight excluding hydrogens is 559 g/mol. The molecule has 2 amide bonds. The van der Waals surface area contributed by atoms with Crippen molar-refractivity contribution in [3.05, 3.63) is 99.0 Å². The fourth-order valence-electron chi connectivity index (χ4n) is 3.93. The molecule has 1 atom stereocenters. The van der Waals surface area contributed by atoms with Crippen molar-refractivity contribution in [1.82, 2.24) is 10.2 Å². The molecule has 4 nitrogen and oxygen atoms in total. The number of rotatable bonds is 11. The highest BCUT2D eigenvalue weighted by Crippen LogP contribution is 2.26. The number of halogens is 3. The zero-order valence-electron chi connectivity index (χ0n) is 21.8. The zero-order chi connectivity index (χ0) is 27.7. The Kier molecular flexibility index (Phi) is 11.4. The van der Waals surface area contributed by atoms with Crippen LogP contribution in [0.15, 0.2) is 77.7 Å². The lowest BCUT2D eigenvalue weighted by Crippen LogP contribution is -2.54. The van der Waals surface area contributed by atoms with Crippen molar-refractivity contribution in [3.63, 3.8) is 0 Å². The van der Waals surface area contributed by atoms with Crippen LogP contribution in [0.1, 0.15) is 44.7 Å². The lowest BCUT2D eigenvalue weighted by atomic mass is 10.00. The van der Waals surface area contributed by atoms with Crippen LogP contribution in [0.2, 0.25) is 15.1 Å². The second-order valence-electron chi connectivity index (χ2n) is 10.1. The normalized spacial score (nSPS) is 12.2. The molecule has 3 rings (SSSR count). The monoisotopic (exact) mass is 590 g/mol. The van der Waals surface area contributed by atoms with Gasteiger partial charge in [0, 0.05) is 34.8 Å². The molecule has 0 bridgehead atoms. The molecule has 202 valence electrons. The fourth-order valence-corrected chi connectivity index (χ4v) is 5.23. The molecule has 0 aromatic heterocycles. The Morgan fingerprint density at radius 1 is 0.895 bits per heavy atom. The van der Waals surface area contributed by atoms with Crippen molar-refractivity contribution in [2.24, 2.45) is 0 Å². The van der Waals surface area contributed by atoms with Crippen LogP contribution >= 0.6 is 46.6 Å². The summed E-state index contributed by atoms with van der Waals surface area (Å²) < 4.78 is 0. The number of hydrogen-bond donors (Lipinski definition) is 1. The number of nitrogens with zero attached hydrogens (tertiary/aromatic N) is 1. The first kappa shape index (κ1) is 30.4. The van der Waals surface area contributed by atoms with E-state index in [0.29, 0.717) is 34.3 Å². The van der Waals surface area contributed by atoms with Crippen LogP contribution in [0.25, 0.3) is 0 Å². The number of nitrogens with one attached hydrogen (secondary N) is 1. The van der Waals surface area contributed by atoms with Gasteiger partial charge in [0.2, 0.25) is 11.8 Å². The molecule has 8 heteroatoms. The number of carbonyl (C=O) groups is 2. The van der Waals surface area contributed by atoms with Crippen molar-refractivity contribution >= 4 is 58.4 Å². The Hall–Kier alpha value is -2.18. The molecule has 3 aromatic carbocycles. The van der Waals surface area contributed by atoms with Crippen molar-refractivity contribution < 1.29 is 9.59 Å². The summed E-state index contributed by atoms with van der Waals surface area (Å²) in [5, 5.41) is 4.63. The first-order valence-corrected chi connectivity index (χ1v) is 14.6. The summed E-state index contributed by atoms with van der Waals surface area (Å²) in [5.41, 5.74) is 1.34. The molecule has 0 heterocycles. The van der Waals surface area contributed by atoms with Gasteiger partial charge in [-0.2, -0.15) is 0 Å². The summed E-state index contributed by atoms with van der Waals surface area (Å²) in [6.45, 7) is 6.05. The number of hydrogen-bond acceptors (Lipinski definition) is 3. The van der Waals surface area contributed by atoms with Gasteiger partial charge < -0.3 is 10.2 Å². The third-order valence-electron chi connectivity index (χ3n) is 5.72. The third kappa shape index (κ3) is 9.85. The van der Waals surface area contributed by atoms with Crippen LogP contribution in [0.4, 0.5) is 0 Å². The maximum absolute atomic E-state index is 13.7. The van der Waals surface area contributed by atoms with E-state index < -0.39 is 11.6 Å². The van der Waals surface area contributed by atoms with E-state index in [1.807, 2.05) is 81.4 Å².